The number of nitrogens with zero attached hydrogens (tertiary/aromatic N) is 4. The number of hydrogen-bond acceptors (Lipinski definition) is 5. The lowest BCUT2D eigenvalue weighted by molar-refractivity contribution is 0.140. The Morgan fingerprint density at radius 2 is 2.00 bits per heavy atom. The Balaban J connectivity index is 1.41. The first-order valence-electron chi connectivity index (χ1n) is 11.8. The summed E-state index contributed by atoms with van der Waals surface area (Å²) in [7, 11) is 4.11. The number of rotatable bonds is 8. The Bertz CT molecular complexity index is 611. The lowest BCUT2D eigenvalue weighted by Crippen LogP contribution is -2.45. The second kappa shape index (κ2) is 12.6. The van der Waals surface area contributed by atoms with Crippen molar-refractivity contribution in [1.82, 2.24) is 25.3 Å². The maximum absolute atomic E-state index is 4.47. The summed E-state index contributed by atoms with van der Waals surface area (Å²) in [4.78, 5) is 13.6. The van der Waals surface area contributed by atoms with E-state index in [1.165, 1.54) is 70.0 Å². The molecular weight excluding hydrogens is 392 g/mol. The van der Waals surface area contributed by atoms with Gasteiger partial charge in [0.05, 0.1) is 6.04 Å². The highest BCUT2D eigenvalue weighted by Gasteiger charge is 2.25. The van der Waals surface area contributed by atoms with Crippen LogP contribution in [0, 0.1) is 5.92 Å². The second-order valence-corrected chi connectivity index (χ2v) is 9.96. The van der Waals surface area contributed by atoms with Gasteiger partial charge in [-0.2, -0.15) is 0 Å². The lowest BCUT2D eigenvalue weighted by Gasteiger charge is -2.36. The van der Waals surface area contributed by atoms with Gasteiger partial charge < -0.3 is 20.4 Å². The molecule has 6 nitrogen and oxygen atoms in total. The fourth-order valence-electron chi connectivity index (χ4n) is 4.48. The van der Waals surface area contributed by atoms with Crippen LogP contribution in [0.2, 0.25) is 0 Å². The zero-order chi connectivity index (χ0) is 21.2. The van der Waals surface area contributed by atoms with E-state index in [-0.39, 0.29) is 0 Å². The van der Waals surface area contributed by atoms with E-state index in [1.807, 2.05) is 18.4 Å². The molecule has 7 heteroatoms. The van der Waals surface area contributed by atoms with Crippen molar-refractivity contribution in [1.29, 1.82) is 0 Å². The number of guanidine groups is 1. The highest BCUT2D eigenvalue weighted by Crippen LogP contribution is 2.29. The predicted molar refractivity (Wildman–Crippen MR) is 130 cm³/mol. The Morgan fingerprint density at radius 3 is 2.73 bits per heavy atom. The van der Waals surface area contributed by atoms with Gasteiger partial charge in [0.2, 0.25) is 0 Å². The zero-order valence-corrected chi connectivity index (χ0v) is 20.1. The number of likely N-dealkylation sites (N-methyl/N-ethyl adjacent to an activating group) is 1. The van der Waals surface area contributed by atoms with Crippen molar-refractivity contribution in [2.45, 2.75) is 38.6 Å². The molecule has 0 saturated carbocycles. The van der Waals surface area contributed by atoms with Crippen molar-refractivity contribution in [3.05, 3.63) is 22.4 Å². The molecule has 2 saturated heterocycles. The third kappa shape index (κ3) is 7.52. The normalized spacial score (nSPS) is 22.0. The van der Waals surface area contributed by atoms with Gasteiger partial charge in [0.1, 0.15) is 0 Å². The molecule has 0 bridgehead atoms. The number of piperidine rings is 1. The molecule has 0 radical (unpaired) electrons. The Hall–Kier alpha value is -1.15. The van der Waals surface area contributed by atoms with Crippen LogP contribution in [-0.2, 0) is 0 Å². The van der Waals surface area contributed by atoms with Crippen molar-refractivity contribution in [3.63, 3.8) is 0 Å². The van der Waals surface area contributed by atoms with Crippen LogP contribution in [0.1, 0.15) is 43.5 Å². The highest BCUT2D eigenvalue weighted by atomic mass is 32.1. The Kier molecular flexibility index (Phi) is 9.91. The van der Waals surface area contributed by atoms with E-state index in [9.17, 15) is 0 Å². The van der Waals surface area contributed by atoms with Crippen LogP contribution >= 0.6 is 11.3 Å². The summed E-state index contributed by atoms with van der Waals surface area (Å²) in [6.07, 6.45) is 5.05. The molecule has 2 aliphatic heterocycles. The molecule has 170 valence electrons. The molecule has 1 atom stereocenters. The summed E-state index contributed by atoms with van der Waals surface area (Å²) in [6.45, 7) is 12.7. The quantitative estimate of drug-likeness (QED) is 0.374. The average Bonchev–Trinajstić information content (AvgIpc) is 3.20. The van der Waals surface area contributed by atoms with Gasteiger partial charge in [0.15, 0.2) is 5.96 Å². The van der Waals surface area contributed by atoms with Crippen molar-refractivity contribution in [3.8, 4) is 0 Å². The van der Waals surface area contributed by atoms with E-state index in [1.54, 1.807) is 0 Å². The largest absolute Gasteiger partial charge is 0.356 e. The summed E-state index contributed by atoms with van der Waals surface area (Å²) in [6, 6.07) is 4.89. The lowest BCUT2D eigenvalue weighted by atomic mass is 9.97. The van der Waals surface area contributed by atoms with E-state index in [0.29, 0.717) is 6.04 Å². The maximum Gasteiger partial charge on any atom is 0.191 e. The number of nitrogens with one attached hydrogen (secondary N) is 2. The van der Waals surface area contributed by atoms with Crippen LogP contribution in [0.15, 0.2) is 22.5 Å². The van der Waals surface area contributed by atoms with Gasteiger partial charge in [0, 0.05) is 38.1 Å². The summed E-state index contributed by atoms with van der Waals surface area (Å²) < 4.78 is 0. The van der Waals surface area contributed by atoms with Crippen molar-refractivity contribution in [2.75, 3.05) is 73.0 Å². The number of thiophene rings is 1. The molecule has 0 spiro atoms. The Labute approximate surface area is 187 Å². The zero-order valence-electron chi connectivity index (χ0n) is 19.3. The first-order valence-corrected chi connectivity index (χ1v) is 12.7. The molecular formula is C23H42N6S. The topological polar surface area (TPSA) is 46.1 Å². The van der Waals surface area contributed by atoms with Crippen molar-refractivity contribution in [2.24, 2.45) is 10.9 Å². The van der Waals surface area contributed by atoms with Crippen LogP contribution in [0.25, 0.3) is 0 Å². The van der Waals surface area contributed by atoms with Crippen LogP contribution in [-0.4, -0.2) is 93.7 Å². The van der Waals surface area contributed by atoms with Gasteiger partial charge in [-0.15, -0.1) is 11.3 Å². The molecule has 3 heterocycles. The monoisotopic (exact) mass is 434 g/mol. The third-order valence-corrected chi connectivity index (χ3v) is 7.55. The molecule has 2 aliphatic rings. The SMILES string of the molecule is CN=C(NCCCN1CCCN(C)CC1)NCC(c1cccs1)N1CCC(C)CC1. The standard InChI is InChI=1S/C23H42N6S/c1-20-8-14-29(15-9-20)21(22-7-4-18-30-22)19-26-23(24-2)25-10-5-12-28-13-6-11-27(3)16-17-28/h4,7,18,20-21H,5-6,8-17,19H2,1-3H3,(H2,24,25,26). The van der Waals surface area contributed by atoms with Crippen LogP contribution in [0.3, 0.4) is 0 Å². The highest BCUT2D eigenvalue weighted by molar-refractivity contribution is 7.10. The molecule has 0 amide bonds. The van der Waals surface area contributed by atoms with Crippen LogP contribution in [0.5, 0.6) is 0 Å². The Morgan fingerprint density at radius 1 is 1.17 bits per heavy atom. The van der Waals surface area contributed by atoms with Gasteiger partial charge in [-0.3, -0.25) is 9.89 Å². The minimum absolute atomic E-state index is 0.435. The van der Waals surface area contributed by atoms with Crippen LogP contribution in [0.4, 0.5) is 0 Å². The van der Waals surface area contributed by atoms with Crippen molar-refractivity contribution >= 4 is 17.3 Å². The van der Waals surface area contributed by atoms with E-state index < -0.39 is 0 Å². The predicted octanol–water partition coefficient (Wildman–Crippen LogP) is 2.71. The number of hydrogen-bond donors (Lipinski definition) is 2. The summed E-state index contributed by atoms with van der Waals surface area (Å²) in [5.74, 6) is 1.79. The molecule has 1 unspecified atom stereocenters. The number of likely N-dealkylation sites (tertiary alicyclic amines) is 1. The van der Waals surface area contributed by atoms with Gasteiger partial charge in [0.25, 0.3) is 0 Å². The van der Waals surface area contributed by atoms with Crippen LogP contribution < -0.4 is 10.6 Å². The fourth-order valence-corrected chi connectivity index (χ4v) is 5.34. The molecule has 1 aromatic heterocycles. The first-order chi connectivity index (χ1) is 14.7. The molecule has 0 aromatic carbocycles. The fraction of sp³-hybridized carbons (Fsp3) is 0.783. The second-order valence-electron chi connectivity index (χ2n) is 8.98. The smallest absolute Gasteiger partial charge is 0.191 e. The molecule has 3 rings (SSSR count). The maximum atomic E-state index is 4.47. The third-order valence-electron chi connectivity index (χ3n) is 6.57. The summed E-state index contributed by atoms with van der Waals surface area (Å²) in [5, 5.41) is 9.33. The molecule has 0 aliphatic carbocycles. The minimum Gasteiger partial charge on any atom is -0.356 e. The first kappa shape index (κ1) is 23.5. The molecule has 2 fully saturated rings. The van der Waals surface area contributed by atoms with Gasteiger partial charge in [-0.25, -0.2) is 0 Å². The average molecular weight is 435 g/mol. The van der Waals surface area contributed by atoms with E-state index in [2.05, 4.69) is 61.8 Å². The minimum atomic E-state index is 0.435. The van der Waals surface area contributed by atoms with Crippen molar-refractivity contribution < 1.29 is 0 Å². The van der Waals surface area contributed by atoms with E-state index in [0.717, 1.165) is 31.4 Å². The number of aliphatic imine (C=N–C) groups is 1. The van der Waals surface area contributed by atoms with Gasteiger partial charge in [-0.1, -0.05) is 13.0 Å². The summed E-state index contributed by atoms with van der Waals surface area (Å²) in [5.41, 5.74) is 0. The van der Waals surface area contributed by atoms with E-state index in [4.69, 9.17) is 0 Å². The molecule has 2 N–H and O–H groups in total. The van der Waals surface area contributed by atoms with Gasteiger partial charge >= 0.3 is 0 Å². The molecule has 30 heavy (non-hydrogen) atoms. The molecule has 1 aromatic rings. The van der Waals surface area contributed by atoms with Gasteiger partial charge in [-0.05, 0) is 82.8 Å². The van der Waals surface area contributed by atoms with E-state index >= 15 is 0 Å². The summed E-state index contributed by atoms with van der Waals surface area (Å²) >= 11 is 1.87.